The number of carbonyl (C=O) groups excluding carboxylic acids is 2. The smallest absolute Gasteiger partial charge is 0.407 e. The number of hydrogen-bond acceptors (Lipinski definition) is 4. The van der Waals surface area contributed by atoms with Gasteiger partial charge in [-0.3, -0.25) is 4.79 Å². The molecular formula is C17H26N2O4. The molecule has 0 aliphatic carbocycles. The molecule has 1 aromatic rings. The van der Waals surface area contributed by atoms with Crippen molar-refractivity contribution in [3.63, 3.8) is 0 Å². The molecule has 0 spiro atoms. The molecule has 128 valence electrons. The minimum atomic E-state index is -0.503. The molecule has 1 atom stereocenters. The van der Waals surface area contributed by atoms with Gasteiger partial charge in [0.25, 0.3) is 0 Å². The van der Waals surface area contributed by atoms with E-state index in [0.717, 1.165) is 17.7 Å². The van der Waals surface area contributed by atoms with Crippen LogP contribution in [0.25, 0.3) is 0 Å². The highest BCUT2D eigenvalue weighted by Gasteiger charge is 2.15. The zero-order valence-corrected chi connectivity index (χ0v) is 14.2. The summed E-state index contributed by atoms with van der Waals surface area (Å²) in [5, 5.41) is 5.35. The lowest BCUT2D eigenvalue weighted by atomic mass is 10.1. The van der Waals surface area contributed by atoms with Crippen LogP contribution in [0.4, 0.5) is 4.79 Å². The molecule has 0 aromatic heterocycles. The molecule has 0 saturated carbocycles. The van der Waals surface area contributed by atoms with Crippen LogP contribution in [0.3, 0.4) is 0 Å². The second-order valence-electron chi connectivity index (χ2n) is 6.31. The first-order valence-electron chi connectivity index (χ1n) is 7.68. The maximum absolute atomic E-state index is 11.5. The van der Waals surface area contributed by atoms with E-state index < -0.39 is 11.7 Å². The number of hydrogen-bond donors (Lipinski definition) is 2. The van der Waals surface area contributed by atoms with Crippen molar-refractivity contribution in [3.05, 3.63) is 29.8 Å². The zero-order valence-electron chi connectivity index (χ0n) is 14.2. The van der Waals surface area contributed by atoms with Crippen LogP contribution in [0.5, 0.6) is 5.75 Å². The van der Waals surface area contributed by atoms with Crippen LogP contribution in [0.2, 0.25) is 0 Å². The Balaban J connectivity index is 2.28. The van der Waals surface area contributed by atoms with Crippen LogP contribution in [0, 0.1) is 0 Å². The third-order valence-electron chi connectivity index (χ3n) is 2.86. The first-order valence-corrected chi connectivity index (χ1v) is 7.68. The maximum atomic E-state index is 11.5. The summed E-state index contributed by atoms with van der Waals surface area (Å²) >= 11 is 0. The molecule has 2 N–H and O–H groups in total. The normalized spacial score (nSPS) is 12.2. The molecule has 0 heterocycles. The second kappa shape index (κ2) is 9.02. The highest BCUT2D eigenvalue weighted by molar-refractivity contribution is 5.67. The summed E-state index contributed by atoms with van der Waals surface area (Å²) < 4.78 is 10.7. The molecular weight excluding hydrogens is 296 g/mol. The Kier molecular flexibility index (Phi) is 7.38. The van der Waals surface area contributed by atoms with Gasteiger partial charge in [0.05, 0.1) is 6.54 Å². The van der Waals surface area contributed by atoms with Crippen molar-refractivity contribution in [1.82, 2.24) is 10.6 Å². The predicted octanol–water partition coefficient (Wildman–Crippen LogP) is 2.27. The topological polar surface area (TPSA) is 76.7 Å². The van der Waals surface area contributed by atoms with Gasteiger partial charge in [0.1, 0.15) is 18.0 Å². The van der Waals surface area contributed by atoms with Crippen molar-refractivity contribution in [2.24, 2.45) is 0 Å². The molecule has 0 fully saturated rings. The van der Waals surface area contributed by atoms with Crippen molar-refractivity contribution < 1.29 is 19.1 Å². The molecule has 0 bridgehead atoms. The van der Waals surface area contributed by atoms with E-state index in [-0.39, 0.29) is 6.04 Å². The molecule has 1 rings (SSSR count). The van der Waals surface area contributed by atoms with Gasteiger partial charge in [0.15, 0.2) is 0 Å². The third-order valence-corrected chi connectivity index (χ3v) is 2.86. The summed E-state index contributed by atoms with van der Waals surface area (Å²) in [5.41, 5.74) is 0.613. The Hall–Kier alpha value is -2.24. The monoisotopic (exact) mass is 322 g/mol. The lowest BCUT2D eigenvalue weighted by Gasteiger charge is -2.19. The molecule has 1 unspecified atom stereocenters. The highest BCUT2D eigenvalue weighted by Crippen LogP contribution is 2.13. The van der Waals surface area contributed by atoms with Crippen molar-refractivity contribution in [1.29, 1.82) is 0 Å². The van der Waals surface area contributed by atoms with Crippen molar-refractivity contribution in [3.8, 4) is 5.75 Å². The van der Waals surface area contributed by atoms with Gasteiger partial charge in [0.2, 0.25) is 6.41 Å². The molecule has 0 saturated heterocycles. The first kappa shape index (κ1) is 18.8. The maximum Gasteiger partial charge on any atom is 0.407 e. The lowest BCUT2D eigenvalue weighted by Crippen LogP contribution is -2.34. The Morgan fingerprint density at radius 2 is 1.91 bits per heavy atom. The van der Waals surface area contributed by atoms with Crippen molar-refractivity contribution >= 4 is 12.5 Å². The second-order valence-corrected chi connectivity index (χ2v) is 6.31. The Bertz CT molecular complexity index is 494. The minimum absolute atomic E-state index is 0.0947. The van der Waals surface area contributed by atoms with Crippen LogP contribution >= 0.6 is 0 Å². The highest BCUT2D eigenvalue weighted by atomic mass is 16.6. The molecule has 23 heavy (non-hydrogen) atoms. The summed E-state index contributed by atoms with van der Waals surface area (Å²) in [6.07, 6.45) is 1.02. The molecule has 0 radical (unpaired) electrons. The van der Waals surface area contributed by atoms with Gasteiger partial charge in [-0.2, -0.15) is 0 Å². The number of nitrogens with one attached hydrogen (secondary N) is 2. The summed E-state index contributed by atoms with van der Waals surface area (Å²) in [7, 11) is 0. The van der Waals surface area contributed by atoms with Gasteiger partial charge in [-0.1, -0.05) is 12.1 Å². The fourth-order valence-corrected chi connectivity index (χ4v) is 1.89. The largest absolute Gasteiger partial charge is 0.492 e. The number of amides is 2. The van der Waals surface area contributed by atoms with E-state index in [1.807, 2.05) is 52.0 Å². The van der Waals surface area contributed by atoms with Gasteiger partial charge in [-0.25, -0.2) is 4.79 Å². The van der Waals surface area contributed by atoms with Gasteiger partial charge in [-0.15, -0.1) is 0 Å². The van der Waals surface area contributed by atoms with Crippen LogP contribution in [-0.2, 0) is 16.0 Å². The van der Waals surface area contributed by atoms with E-state index in [2.05, 4.69) is 10.6 Å². The van der Waals surface area contributed by atoms with Crippen LogP contribution < -0.4 is 15.4 Å². The summed E-state index contributed by atoms with van der Waals surface area (Å²) in [6.45, 7) is 8.13. The summed E-state index contributed by atoms with van der Waals surface area (Å²) in [5.74, 6) is 0.732. The van der Waals surface area contributed by atoms with Crippen LogP contribution in [0.1, 0.15) is 33.3 Å². The Labute approximate surface area is 137 Å². The molecule has 1 aromatic carbocycles. The SMILES string of the molecule is CC(Cc1ccc(OCCNC(=O)OC(C)(C)C)cc1)NC=O. The van der Waals surface area contributed by atoms with Gasteiger partial charge in [-0.05, 0) is 51.8 Å². The van der Waals surface area contributed by atoms with E-state index in [1.165, 1.54) is 0 Å². The number of alkyl carbamates (subject to hydrolysis) is 1. The lowest BCUT2D eigenvalue weighted by molar-refractivity contribution is -0.110. The van der Waals surface area contributed by atoms with E-state index in [4.69, 9.17) is 9.47 Å². The van der Waals surface area contributed by atoms with E-state index in [0.29, 0.717) is 19.6 Å². The standard InChI is InChI=1S/C17H26N2O4/c1-13(19-12-20)11-14-5-7-15(8-6-14)22-10-9-18-16(21)23-17(2,3)4/h5-8,12-13H,9-11H2,1-4H3,(H,18,21)(H,19,20). The van der Waals surface area contributed by atoms with Gasteiger partial charge < -0.3 is 20.1 Å². The average molecular weight is 322 g/mol. The fourth-order valence-electron chi connectivity index (χ4n) is 1.89. The molecule has 6 heteroatoms. The average Bonchev–Trinajstić information content (AvgIpc) is 2.43. The molecule has 2 amide bonds. The van der Waals surface area contributed by atoms with Gasteiger partial charge >= 0.3 is 6.09 Å². The molecule has 0 aliphatic heterocycles. The summed E-state index contributed by atoms with van der Waals surface area (Å²) in [6, 6.07) is 7.75. The zero-order chi connectivity index (χ0) is 17.3. The van der Waals surface area contributed by atoms with Crippen LogP contribution in [0.15, 0.2) is 24.3 Å². The molecule has 0 aliphatic rings. The Morgan fingerprint density at radius 1 is 1.26 bits per heavy atom. The number of carbonyl (C=O) groups is 2. The molecule has 6 nitrogen and oxygen atoms in total. The fraction of sp³-hybridized carbons (Fsp3) is 0.529. The summed E-state index contributed by atoms with van der Waals surface area (Å²) in [4.78, 5) is 21.8. The van der Waals surface area contributed by atoms with Crippen molar-refractivity contribution in [2.45, 2.75) is 45.8 Å². The number of ether oxygens (including phenoxy) is 2. The Morgan fingerprint density at radius 3 is 2.48 bits per heavy atom. The predicted molar refractivity (Wildman–Crippen MR) is 88.5 cm³/mol. The third kappa shape index (κ3) is 8.70. The van der Waals surface area contributed by atoms with E-state index in [1.54, 1.807) is 0 Å². The van der Waals surface area contributed by atoms with E-state index >= 15 is 0 Å². The number of rotatable bonds is 8. The minimum Gasteiger partial charge on any atom is -0.492 e. The first-order chi connectivity index (χ1) is 10.8. The van der Waals surface area contributed by atoms with Crippen LogP contribution in [-0.4, -0.2) is 37.3 Å². The van der Waals surface area contributed by atoms with E-state index in [9.17, 15) is 9.59 Å². The van der Waals surface area contributed by atoms with Gasteiger partial charge in [0, 0.05) is 6.04 Å². The van der Waals surface area contributed by atoms with Crippen molar-refractivity contribution in [2.75, 3.05) is 13.2 Å². The quantitative estimate of drug-likeness (QED) is 0.568. The number of benzene rings is 1.